The highest BCUT2D eigenvalue weighted by Gasteiger charge is 2.33. The minimum atomic E-state index is -4.48. The van der Waals surface area contributed by atoms with Gasteiger partial charge >= 0.3 is 6.18 Å². The first-order valence-corrected chi connectivity index (χ1v) is 4.95. The molecule has 0 spiro atoms. The Kier molecular flexibility index (Phi) is 4.18. The molecule has 2 nitrogen and oxygen atoms in total. The number of rotatable bonds is 3. The van der Waals surface area contributed by atoms with E-state index in [-0.39, 0.29) is 23.6 Å². The lowest BCUT2D eigenvalue weighted by atomic mass is 10.0. The van der Waals surface area contributed by atoms with Crippen LogP contribution in [0.25, 0.3) is 0 Å². The SMILES string of the molecule is NC(CO)Cc1cccc(C(F)(F)F)c1Cl. The van der Waals surface area contributed by atoms with E-state index in [1.165, 1.54) is 12.1 Å². The van der Waals surface area contributed by atoms with Gasteiger partial charge in [0.05, 0.1) is 17.2 Å². The van der Waals surface area contributed by atoms with Crippen LogP contribution in [-0.2, 0) is 12.6 Å². The zero-order valence-corrected chi connectivity index (χ0v) is 9.02. The van der Waals surface area contributed by atoms with Crippen molar-refractivity contribution in [2.75, 3.05) is 6.61 Å². The molecule has 6 heteroatoms. The molecule has 1 aromatic carbocycles. The van der Waals surface area contributed by atoms with Gasteiger partial charge in [0.25, 0.3) is 0 Å². The average molecular weight is 254 g/mol. The molecule has 0 aliphatic carbocycles. The Hall–Kier alpha value is -0.780. The lowest BCUT2D eigenvalue weighted by Crippen LogP contribution is -2.27. The van der Waals surface area contributed by atoms with E-state index in [1.807, 2.05) is 0 Å². The van der Waals surface area contributed by atoms with Crippen molar-refractivity contribution in [2.24, 2.45) is 5.73 Å². The molecule has 0 saturated carbocycles. The van der Waals surface area contributed by atoms with Gasteiger partial charge in [-0.05, 0) is 18.1 Å². The van der Waals surface area contributed by atoms with E-state index in [4.69, 9.17) is 22.4 Å². The Labute approximate surface area is 95.8 Å². The Balaban J connectivity index is 3.05. The van der Waals surface area contributed by atoms with Crippen molar-refractivity contribution >= 4 is 11.6 Å². The largest absolute Gasteiger partial charge is 0.417 e. The molecule has 0 amide bonds. The predicted molar refractivity (Wildman–Crippen MR) is 55.2 cm³/mol. The number of alkyl halides is 3. The summed E-state index contributed by atoms with van der Waals surface area (Å²) in [5.41, 5.74) is 4.86. The first kappa shape index (κ1) is 13.3. The molecule has 1 aromatic rings. The van der Waals surface area contributed by atoms with Crippen LogP contribution in [0.5, 0.6) is 0 Å². The fourth-order valence-corrected chi connectivity index (χ4v) is 1.61. The molecule has 0 aromatic heterocycles. The van der Waals surface area contributed by atoms with Crippen molar-refractivity contribution in [3.8, 4) is 0 Å². The number of benzene rings is 1. The summed E-state index contributed by atoms with van der Waals surface area (Å²) in [7, 11) is 0. The van der Waals surface area contributed by atoms with Gasteiger partial charge in [-0.25, -0.2) is 0 Å². The number of hydrogen-bond donors (Lipinski definition) is 2. The Morgan fingerprint density at radius 2 is 2.00 bits per heavy atom. The summed E-state index contributed by atoms with van der Waals surface area (Å²) in [4.78, 5) is 0. The molecule has 0 fully saturated rings. The van der Waals surface area contributed by atoms with Gasteiger partial charge in [-0.15, -0.1) is 0 Å². The van der Waals surface area contributed by atoms with Crippen LogP contribution < -0.4 is 5.73 Å². The fourth-order valence-electron chi connectivity index (χ4n) is 1.30. The number of nitrogens with two attached hydrogens (primary N) is 1. The van der Waals surface area contributed by atoms with Crippen LogP contribution in [0.15, 0.2) is 18.2 Å². The molecule has 3 N–H and O–H groups in total. The van der Waals surface area contributed by atoms with E-state index in [0.717, 1.165) is 6.07 Å². The third-order valence-electron chi connectivity index (χ3n) is 2.10. The molecule has 90 valence electrons. The van der Waals surface area contributed by atoms with Gasteiger partial charge in [-0.2, -0.15) is 13.2 Å². The van der Waals surface area contributed by atoms with Crippen LogP contribution in [0.2, 0.25) is 5.02 Å². The summed E-state index contributed by atoms with van der Waals surface area (Å²) in [5, 5.41) is 8.38. The third-order valence-corrected chi connectivity index (χ3v) is 2.55. The molecule has 0 heterocycles. The van der Waals surface area contributed by atoms with Crippen LogP contribution in [0, 0.1) is 0 Å². The Morgan fingerprint density at radius 1 is 1.38 bits per heavy atom. The van der Waals surface area contributed by atoms with Crippen molar-refractivity contribution in [3.05, 3.63) is 34.3 Å². The number of hydrogen-bond acceptors (Lipinski definition) is 2. The van der Waals surface area contributed by atoms with Crippen LogP contribution >= 0.6 is 11.6 Å². The highest BCUT2D eigenvalue weighted by molar-refractivity contribution is 6.32. The van der Waals surface area contributed by atoms with Crippen molar-refractivity contribution < 1.29 is 18.3 Å². The van der Waals surface area contributed by atoms with Gasteiger partial charge in [0.1, 0.15) is 0 Å². The van der Waals surface area contributed by atoms with E-state index in [2.05, 4.69) is 0 Å². The van der Waals surface area contributed by atoms with Crippen LogP contribution in [-0.4, -0.2) is 17.8 Å². The zero-order chi connectivity index (χ0) is 12.3. The minimum absolute atomic E-state index is 0.110. The Bertz CT molecular complexity index is 368. The molecule has 0 radical (unpaired) electrons. The summed E-state index contributed by atoms with van der Waals surface area (Å²) in [5.74, 6) is 0. The molecular formula is C10H11ClF3NO. The predicted octanol–water partition coefficient (Wildman–Crippen LogP) is 2.22. The number of aliphatic hydroxyl groups is 1. The standard InChI is InChI=1S/C10H11ClF3NO/c11-9-6(4-7(15)5-16)2-1-3-8(9)10(12,13)14/h1-3,7,16H,4-5,15H2. The second-order valence-electron chi connectivity index (χ2n) is 3.42. The molecule has 1 rings (SSSR count). The molecule has 1 unspecified atom stereocenters. The lowest BCUT2D eigenvalue weighted by Gasteiger charge is -2.14. The van der Waals surface area contributed by atoms with E-state index < -0.39 is 17.8 Å². The highest BCUT2D eigenvalue weighted by atomic mass is 35.5. The second-order valence-corrected chi connectivity index (χ2v) is 3.80. The summed E-state index contributed by atoms with van der Waals surface area (Å²) >= 11 is 5.64. The first-order chi connectivity index (χ1) is 7.36. The topological polar surface area (TPSA) is 46.2 Å². The van der Waals surface area contributed by atoms with Gasteiger partial charge in [0, 0.05) is 6.04 Å². The van der Waals surface area contributed by atoms with E-state index in [1.54, 1.807) is 0 Å². The maximum absolute atomic E-state index is 12.5. The van der Waals surface area contributed by atoms with Crippen molar-refractivity contribution in [1.29, 1.82) is 0 Å². The van der Waals surface area contributed by atoms with E-state index in [0.29, 0.717) is 0 Å². The summed E-state index contributed by atoms with van der Waals surface area (Å²) in [6.07, 6.45) is -4.37. The van der Waals surface area contributed by atoms with E-state index in [9.17, 15) is 13.2 Å². The van der Waals surface area contributed by atoms with Crippen LogP contribution in [0.4, 0.5) is 13.2 Å². The molecular weight excluding hydrogens is 243 g/mol. The fraction of sp³-hybridized carbons (Fsp3) is 0.400. The quantitative estimate of drug-likeness (QED) is 0.868. The van der Waals surface area contributed by atoms with Crippen molar-refractivity contribution in [2.45, 2.75) is 18.6 Å². The monoisotopic (exact) mass is 253 g/mol. The lowest BCUT2D eigenvalue weighted by molar-refractivity contribution is -0.137. The van der Waals surface area contributed by atoms with Crippen molar-refractivity contribution in [1.82, 2.24) is 0 Å². The van der Waals surface area contributed by atoms with Gasteiger partial charge in [-0.3, -0.25) is 0 Å². The summed E-state index contributed by atoms with van der Waals surface area (Å²) in [6, 6.07) is 3.04. The average Bonchev–Trinajstić information content (AvgIpc) is 2.19. The summed E-state index contributed by atoms with van der Waals surface area (Å²) < 4.78 is 37.4. The van der Waals surface area contributed by atoms with E-state index >= 15 is 0 Å². The molecule has 0 aliphatic heterocycles. The van der Waals surface area contributed by atoms with Gasteiger partial charge in [0.15, 0.2) is 0 Å². The molecule has 16 heavy (non-hydrogen) atoms. The van der Waals surface area contributed by atoms with Crippen LogP contribution in [0.3, 0.4) is 0 Å². The maximum Gasteiger partial charge on any atom is 0.417 e. The third kappa shape index (κ3) is 3.10. The van der Waals surface area contributed by atoms with Gasteiger partial charge in [-0.1, -0.05) is 23.7 Å². The second kappa shape index (κ2) is 5.03. The maximum atomic E-state index is 12.5. The number of halogens is 4. The minimum Gasteiger partial charge on any atom is -0.395 e. The molecule has 0 aliphatic rings. The highest BCUT2D eigenvalue weighted by Crippen LogP contribution is 2.36. The summed E-state index contributed by atoms with van der Waals surface area (Å²) in [6.45, 7) is -0.299. The van der Waals surface area contributed by atoms with Gasteiger partial charge < -0.3 is 10.8 Å². The normalized spacial score (nSPS) is 13.9. The molecule has 0 saturated heterocycles. The molecule has 1 atom stereocenters. The van der Waals surface area contributed by atoms with Crippen LogP contribution in [0.1, 0.15) is 11.1 Å². The zero-order valence-electron chi connectivity index (χ0n) is 8.26. The smallest absolute Gasteiger partial charge is 0.395 e. The number of aliphatic hydroxyl groups excluding tert-OH is 1. The van der Waals surface area contributed by atoms with Crippen molar-refractivity contribution in [3.63, 3.8) is 0 Å². The molecule has 0 bridgehead atoms. The Morgan fingerprint density at radius 3 is 2.50 bits per heavy atom. The first-order valence-electron chi connectivity index (χ1n) is 4.57. The van der Waals surface area contributed by atoms with Gasteiger partial charge in [0.2, 0.25) is 0 Å².